The number of sulfonamides is 1. The second-order valence-electron chi connectivity index (χ2n) is 5.80. The van der Waals surface area contributed by atoms with Crippen molar-refractivity contribution in [3.8, 4) is 0 Å². The highest BCUT2D eigenvalue weighted by molar-refractivity contribution is 7.89. The minimum Gasteiger partial charge on any atom is -0.480 e. The molecule has 12 heteroatoms. The van der Waals surface area contributed by atoms with Crippen molar-refractivity contribution in [3.63, 3.8) is 0 Å². The Morgan fingerprint density at radius 2 is 2.08 bits per heavy atom. The molecular formula is C14H15N5O6S. The molecule has 2 heterocycles. The highest BCUT2D eigenvalue weighted by Crippen LogP contribution is 2.26. The number of aryl methyl sites for hydroxylation is 1. The fourth-order valence-corrected chi connectivity index (χ4v) is 4.34. The molecule has 0 saturated carbocycles. The SMILES string of the molecule is Cc1ccc(S(=O)(=O)N2Cc3n[nH]c(=O)n3CC2C(=O)O)cc1C(N)=O. The Balaban J connectivity index is 2.11. The number of hydrogen-bond acceptors (Lipinski definition) is 6. The fraction of sp³-hybridized carbons (Fsp3) is 0.286. The number of aromatic amines is 1. The number of rotatable bonds is 4. The minimum absolute atomic E-state index is 0.0200. The number of nitrogens with zero attached hydrogens (tertiary/aromatic N) is 3. The lowest BCUT2D eigenvalue weighted by atomic mass is 10.1. The smallest absolute Gasteiger partial charge is 0.343 e. The van der Waals surface area contributed by atoms with Crippen molar-refractivity contribution in [3.05, 3.63) is 45.6 Å². The summed E-state index contributed by atoms with van der Waals surface area (Å²) in [6, 6.07) is 2.29. The average molecular weight is 381 g/mol. The molecule has 0 fully saturated rings. The van der Waals surface area contributed by atoms with Gasteiger partial charge in [0, 0.05) is 5.56 Å². The molecule has 3 rings (SSSR count). The summed E-state index contributed by atoms with van der Waals surface area (Å²) < 4.78 is 27.8. The van der Waals surface area contributed by atoms with Crippen molar-refractivity contribution < 1.29 is 23.1 Å². The number of nitrogens with one attached hydrogen (secondary N) is 1. The number of amides is 1. The summed E-state index contributed by atoms with van der Waals surface area (Å²) in [7, 11) is -4.29. The summed E-state index contributed by atoms with van der Waals surface area (Å²) in [5.74, 6) is -2.11. The first kappa shape index (κ1) is 17.8. The standard InChI is InChI=1S/C14H15N5O6S/c1-7-2-3-8(4-9(7)12(15)20)26(24,25)19-6-11-16-17-14(23)18(11)5-10(19)13(21)22/h2-4,10H,5-6H2,1H3,(H2,15,20)(H,17,23)(H,21,22). The molecule has 1 amide bonds. The molecular weight excluding hydrogens is 366 g/mol. The lowest BCUT2D eigenvalue weighted by Crippen LogP contribution is -2.51. The topological polar surface area (TPSA) is 168 Å². The number of nitrogens with two attached hydrogens (primary N) is 1. The van der Waals surface area contributed by atoms with E-state index in [4.69, 9.17) is 5.73 Å². The number of fused-ring (bicyclic) bond motifs is 1. The summed E-state index contributed by atoms with van der Waals surface area (Å²) in [6.45, 7) is 0.811. The van der Waals surface area contributed by atoms with Crippen LogP contribution < -0.4 is 11.4 Å². The fourth-order valence-electron chi connectivity index (χ4n) is 2.79. The Labute approximate surface area is 147 Å². The number of carbonyl (C=O) groups excluding carboxylic acids is 1. The largest absolute Gasteiger partial charge is 0.480 e. The van der Waals surface area contributed by atoms with E-state index in [1.807, 2.05) is 0 Å². The maximum atomic E-state index is 13.0. The summed E-state index contributed by atoms with van der Waals surface area (Å²) in [6.07, 6.45) is 0. The van der Waals surface area contributed by atoms with Crippen LogP contribution >= 0.6 is 0 Å². The van der Waals surface area contributed by atoms with Crippen LogP contribution in [0.2, 0.25) is 0 Å². The van der Waals surface area contributed by atoms with Crippen LogP contribution in [0.15, 0.2) is 27.9 Å². The first-order valence-electron chi connectivity index (χ1n) is 7.42. The highest BCUT2D eigenvalue weighted by Gasteiger charge is 2.41. The van der Waals surface area contributed by atoms with Crippen molar-refractivity contribution in [2.45, 2.75) is 31.0 Å². The monoisotopic (exact) mass is 381 g/mol. The van der Waals surface area contributed by atoms with E-state index in [2.05, 4.69) is 10.2 Å². The number of carbonyl (C=O) groups is 2. The predicted octanol–water partition coefficient (Wildman–Crippen LogP) is -1.36. The maximum Gasteiger partial charge on any atom is 0.343 e. The number of H-pyrrole nitrogens is 1. The molecule has 0 saturated heterocycles. The van der Waals surface area contributed by atoms with E-state index in [1.165, 1.54) is 12.1 Å². The first-order valence-corrected chi connectivity index (χ1v) is 8.86. The van der Waals surface area contributed by atoms with Crippen LogP contribution in [0.1, 0.15) is 21.7 Å². The first-order chi connectivity index (χ1) is 12.1. The van der Waals surface area contributed by atoms with Crippen LogP contribution in [0.4, 0.5) is 0 Å². The normalized spacial score (nSPS) is 17.7. The number of hydrogen-bond donors (Lipinski definition) is 3. The van der Waals surface area contributed by atoms with Gasteiger partial charge in [0.2, 0.25) is 15.9 Å². The van der Waals surface area contributed by atoms with Gasteiger partial charge in [-0.2, -0.15) is 9.40 Å². The number of primary amides is 1. The quantitative estimate of drug-likeness (QED) is 0.587. The predicted molar refractivity (Wildman–Crippen MR) is 86.7 cm³/mol. The number of aliphatic carboxylic acids is 1. The van der Waals surface area contributed by atoms with Gasteiger partial charge in [-0.25, -0.2) is 18.3 Å². The molecule has 138 valence electrons. The molecule has 1 aliphatic rings. The molecule has 1 aromatic carbocycles. The van der Waals surface area contributed by atoms with Gasteiger partial charge in [-0.15, -0.1) is 0 Å². The Morgan fingerprint density at radius 3 is 2.69 bits per heavy atom. The van der Waals surface area contributed by atoms with Crippen LogP contribution in [0.3, 0.4) is 0 Å². The molecule has 1 aliphatic heterocycles. The zero-order valence-corrected chi connectivity index (χ0v) is 14.4. The Bertz CT molecular complexity index is 1070. The van der Waals surface area contributed by atoms with Crippen LogP contribution in [-0.2, 0) is 27.9 Å². The molecule has 0 radical (unpaired) electrons. The van der Waals surface area contributed by atoms with E-state index in [0.717, 1.165) is 14.9 Å². The van der Waals surface area contributed by atoms with Gasteiger partial charge in [0.05, 0.1) is 18.0 Å². The summed E-state index contributed by atoms with van der Waals surface area (Å²) in [4.78, 5) is 34.5. The van der Waals surface area contributed by atoms with Crippen molar-refractivity contribution >= 4 is 21.9 Å². The van der Waals surface area contributed by atoms with E-state index in [0.29, 0.717) is 5.56 Å². The van der Waals surface area contributed by atoms with Crippen LogP contribution in [0.25, 0.3) is 0 Å². The second-order valence-corrected chi connectivity index (χ2v) is 7.69. The second kappa shape index (κ2) is 6.07. The molecule has 0 bridgehead atoms. The van der Waals surface area contributed by atoms with E-state index in [1.54, 1.807) is 6.92 Å². The summed E-state index contributed by atoms with van der Waals surface area (Å²) in [5, 5.41) is 15.3. The number of carboxylic acids is 1. The van der Waals surface area contributed by atoms with Gasteiger partial charge >= 0.3 is 11.7 Å². The molecule has 26 heavy (non-hydrogen) atoms. The molecule has 0 aliphatic carbocycles. The van der Waals surface area contributed by atoms with Gasteiger partial charge in [0.25, 0.3) is 0 Å². The van der Waals surface area contributed by atoms with Gasteiger partial charge in [0.1, 0.15) is 11.9 Å². The van der Waals surface area contributed by atoms with E-state index in [-0.39, 0.29) is 22.8 Å². The van der Waals surface area contributed by atoms with E-state index >= 15 is 0 Å². The lowest BCUT2D eigenvalue weighted by molar-refractivity contribution is -0.142. The van der Waals surface area contributed by atoms with Crippen LogP contribution in [-0.4, -0.2) is 50.5 Å². The van der Waals surface area contributed by atoms with Crippen molar-refractivity contribution in [1.82, 2.24) is 19.1 Å². The van der Waals surface area contributed by atoms with Crippen LogP contribution in [0.5, 0.6) is 0 Å². The van der Waals surface area contributed by atoms with Crippen molar-refractivity contribution in [2.75, 3.05) is 0 Å². The molecule has 2 aromatic rings. The number of carboxylic acid groups (broad SMARTS) is 1. The summed E-state index contributed by atoms with van der Waals surface area (Å²) in [5.41, 5.74) is 5.15. The molecule has 4 N–H and O–H groups in total. The number of aromatic nitrogens is 3. The number of benzene rings is 1. The van der Waals surface area contributed by atoms with Gasteiger partial charge < -0.3 is 10.8 Å². The Hall–Kier alpha value is -2.99. The third-order valence-corrected chi connectivity index (χ3v) is 6.05. The third kappa shape index (κ3) is 2.78. The van der Waals surface area contributed by atoms with E-state index in [9.17, 15) is 27.9 Å². The molecule has 1 aromatic heterocycles. The zero-order chi connectivity index (χ0) is 19.2. The van der Waals surface area contributed by atoms with Gasteiger partial charge in [-0.05, 0) is 24.6 Å². The summed E-state index contributed by atoms with van der Waals surface area (Å²) >= 11 is 0. The zero-order valence-electron chi connectivity index (χ0n) is 13.5. The molecule has 1 atom stereocenters. The molecule has 0 spiro atoms. The van der Waals surface area contributed by atoms with Crippen LogP contribution in [0, 0.1) is 6.92 Å². The van der Waals surface area contributed by atoms with Gasteiger partial charge in [0.15, 0.2) is 0 Å². The maximum absolute atomic E-state index is 13.0. The minimum atomic E-state index is -4.29. The van der Waals surface area contributed by atoms with Crippen molar-refractivity contribution in [2.24, 2.45) is 5.73 Å². The van der Waals surface area contributed by atoms with E-state index < -0.39 is 40.2 Å². The lowest BCUT2D eigenvalue weighted by Gasteiger charge is -2.31. The molecule has 11 nitrogen and oxygen atoms in total. The average Bonchev–Trinajstić information content (AvgIpc) is 2.94. The van der Waals surface area contributed by atoms with Gasteiger partial charge in [-0.1, -0.05) is 6.07 Å². The van der Waals surface area contributed by atoms with Crippen molar-refractivity contribution in [1.29, 1.82) is 0 Å². The van der Waals surface area contributed by atoms with Gasteiger partial charge in [-0.3, -0.25) is 14.2 Å². The molecule has 1 unspecified atom stereocenters. The Morgan fingerprint density at radius 1 is 1.38 bits per heavy atom. The Kier molecular flexibility index (Phi) is 4.16. The third-order valence-electron chi connectivity index (χ3n) is 4.20. The highest BCUT2D eigenvalue weighted by atomic mass is 32.2.